The summed E-state index contributed by atoms with van der Waals surface area (Å²) in [6, 6.07) is 8.88. The molecule has 0 amide bonds. The fraction of sp³-hybridized carbons (Fsp3) is 0.500. The van der Waals surface area contributed by atoms with Gasteiger partial charge in [-0.1, -0.05) is 36.8 Å². The summed E-state index contributed by atoms with van der Waals surface area (Å²) in [4.78, 5) is 4.35. The maximum Gasteiger partial charge on any atom is 0.138 e. The third kappa shape index (κ3) is 4.65. The fourth-order valence-electron chi connectivity index (χ4n) is 2.41. The van der Waals surface area contributed by atoms with Crippen LogP contribution in [0.2, 0.25) is 0 Å². The van der Waals surface area contributed by atoms with E-state index in [1.807, 2.05) is 4.68 Å². The quantitative estimate of drug-likeness (QED) is 0.575. The topological polar surface area (TPSA) is 68.8 Å². The largest absolute Gasteiger partial charge is 0.271 e. The third-order valence-electron chi connectivity index (χ3n) is 3.70. The van der Waals surface area contributed by atoms with Crippen LogP contribution in [0.4, 0.5) is 0 Å². The van der Waals surface area contributed by atoms with Crippen LogP contribution in [0.5, 0.6) is 0 Å². The predicted molar refractivity (Wildman–Crippen MR) is 84.6 cm³/mol. The second-order valence-corrected chi connectivity index (χ2v) is 5.49. The van der Waals surface area contributed by atoms with Crippen molar-refractivity contribution in [2.45, 2.75) is 52.1 Å². The lowest BCUT2D eigenvalue weighted by atomic mass is 10.0. The molecule has 5 heteroatoms. The van der Waals surface area contributed by atoms with Gasteiger partial charge in [-0.15, -0.1) is 0 Å². The van der Waals surface area contributed by atoms with Crippen LogP contribution in [-0.2, 0) is 19.4 Å². The Morgan fingerprint density at radius 2 is 2.05 bits per heavy atom. The molecule has 0 spiro atoms. The summed E-state index contributed by atoms with van der Waals surface area (Å²) in [7, 11) is 0. The first kappa shape index (κ1) is 15.7. The molecule has 0 saturated carbocycles. The van der Waals surface area contributed by atoms with E-state index < -0.39 is 0 Å². The van der Waals surface area contributed by atoms with Gasteiger partial charge in [0.2, 0.25) is 0 Å². The van der Waals surface area contributed by atoms with Crippen molar-refractivity contribution < 1.29 is 0 Å². The fourth-order valence-corrected chi connectivity index (χ4v) is 2.41. The molecule has 1 aromatic carbocycles. The number of nitrogens with zero attached hydrogens (tertiary/aromatic N) is 3. The minimum atomic E-state index is 0.214. The standard InChI is InChI=1S/C16H25N5/c1-3-10-21-16(18-12-19-21)11-15(20-17)9-8-14-6-4-13(2)5-7-14/h4-7,12,15,20H,3,8-11,17H2,1-2H3. The van der Waals surface area contributed by atoms with Crippen molar-refractivity contribution in [1.82, 2.24) is 20.2 Å². The molecule has 114 valence electrons. The first-order valence-corrected chi connectivity index (χ1v) is 7.61. The number of nitrogens with two attached hydrogens (primary N) is 1. The minimum Gasteiger partial charge on any atom is -0.271 e. The van der Waals surface area contributed by atoms with Crippen molar-refractivity contribution in [2.75, 3.05) is 0 Å². The number of hydrogen-bond acceptors (Lipinski definition) is 4. The van der Waals surface area contributed by atoms with E-state index in [0.717, 1.165) is 38.1 Å². The van der Waals surface area contributed by atoms with Crippen LogP contribution in [0.3, 0.4) is 0 Å². The normalized spacial score (nSPS) is 12.5. The lowest BCUT2D eigenvalue weighted by Gasteiger charge is -2.16. The first-order chi connectivity index (χ1) is 10.2. The Labute approximate surface area is 126 Å². The van der Waals surface area contributed by atoms with Crippen LogP contribution in [0, 0.1) is 6.92 Å². The minimum absolute atomic E-state index is 0.214. The Morgan fingerprint density at radius 1 is 1.29 bits per heavy atom. The van der Waals surface area contributed by atoms with Gasteiger partial charge < -0.3 is 0 Å². The summed E-state index contributed by atoms with van der Waals surface area (Å²) in [6.45, 7) is 5.15. The zero-order valence-electron chi connectivity index (χ0n) is 12.9. The molecule has 0 bridgehead atoms. The monoisotopic (exact) mass is 287 g/mol. The van der Waals surface area contributed by atoms with Gasteiger partial charge in [0.15, 0.2) is 0 Å². The maximum absolute atomic E-state index is 5.69. The Morgan fingerprint density at radius 3 is 2.71 bits per heavy atom. The van der Waals surface area contributed by atoms with Crippen molar-refractivity contribution >= 4 is 0 Å². The average molecular weight is 287 g/mol. The predicted octanol–water partition coefficient (Wildman–Crippen LogP) is 2.00. The highest BCUT2D eigenvalue weighted by atomic mass is 15.3. The van der Waals surface area contributed by atoms with Gasteiger partial charge >= 0.3 is 0 Å². The number of hydrogen-bond donors (Lipinski definition) is 2. The van der Waals surface area contributed by atoms with Crippen LogP contribution < -0.4 is 11.3 Å². The van der Waals surface area contributed by atoms with Crippen LogP contribution >= 0.6 is 0 Å². The van der Waals surface area contributed by atoms with Gasteiger partial charge in [0.05, 0.1) is 0 Å². The summed E-state index contributed by atoms with van der Waals surface area (Å²) >= 11 is 0. The molecule has 1 unspecified atom stereocenters. The van der Waals surface area contributed by atoms with Crippen molar-refractivity contribution in [1.29, 1.82) is 0 Å². The molecular weight excluding hydrogens is 262 g/mol. The number of aromatic nitrogens is 3. The molecule has 2 rings (SSSR count). The molecule has 0 aliphatic carbocycles. The highest BCUT2D eigenvalue weighted by Crippen LogP contribution is 2.10. The maximum atomic E-state index is 5.69. The van der Waals surface area contributed by atoms with Gasteiger partial charge in [0.25, 0.3) is 0 Å². The smallest absolute Gasteiger partial charge is 0.138 e. The zero-order valence-corrected chi connectivity index (χ0v) is 12.9. The molecule has 0 aliphatic heterocycles. The van der Waals surface area contributed by atoms with Gasteiger partial charge in [-0.2, -0.15) is 5.10 Å². The van der Waals surface area contributed by atoms with Gasteiger partial charge in [-0.25, -0.2) is 4.98 Å². The number of nitrogens with one attached hydrogen (secondary N) is 1. The molecule has 2 aromatic rings. The molecule has 0 aliphatic rings. The molecule has 1 atom stereocenters. The van der Waals surface area contributed by atoms with Crippen molar-refractivity contribution in [3.8, 4) is 0 Å². The van der Waals surface area contributed by atoms with E-state index in [2.05, 4.69) is 53.6 Å². The molecule has 3 N–H and O–H groups in total. The van der Waals surface area contributed by atoms with E-state index in [9.17, 15) is 0 Å². The van der Waals surface area contributed by atoms with E-state index in [1.54, 1.807) is 6.33 Å². The van der Waals surface area contributed by atoms with Crippen LogP contribution in [0.25, 0.3) is 0 Å². The lowest BCUT2D eigenvalue weighted by molar-refractivity contribution is 0.461. The summed E-state index contributed by atoms with van der Waals surface area (Å²) in [6.07, 6.45) is 5.48. The molecule has 0 radical (unpaired) electrons. The second-order valence-electron chi connectivity index (χ2n) is 5.49. The van der Waals surface area contributed by atoms with Crippen molar-refractivity contribution in [3.63, 3.8) is 0 Å². The molecule has 0 fully saturated rings. The second kappa shape index (κ2) is 7.90. The van der Waals surface area contributed by atoms with E-state index >= 15 is 0 Å². The van der Waals surface area contributed by atoms with Crippen molar-refractivity contribution in [3.05, 3.63) is 47.5 Å². The molecule has 1 heterocycles. The Hall–Kier alpha value is -1.72. The summed E-state index contributed by atoms with van der Waals surface area (Å²) < 4.78 is 1.97. The zero-order chi connectivity index (χ0) is 15.1. The van der Waals surface area contributed by atoms with Gasteiger partial charge in [-0.05, 0) is 31.7 Å². The Balaban J connectivity index is 1.90. The lowest BCUT2D eigenvalue weighted by Crippen LogP contribution is -2.38. The van der Waals surface area contributed by atoms with E-state index in [4.69, 9.17) is 5.84 Å². The Bertz CT molecular complexity index is 532. The molecular formula is C16H25N5. The van der Waals surface area contributed by atoms with E-state index in [0.29, 0.717) is 0 Å². The summed E-state index contributed by atoms with van der Waals surface area (Å²) in [5.41, 5.74) is 5.55. The Kier molecular flexibility index (Phi) is 5.90. The molecule has 0 saturated heterocycles. The van der Waals surface area contributed by atoms with Crippen LogP contribution in [0.15, 0.2) is 30.6 Å². The SMILES string of the molecule is CCCn1ncnc1CC(CCc1ccc(C)cc1)NN. The number of aryl methyl sites for hydroxylation is 3. The number of rotatable bonds is 8. The summed E-state index contributed by atoms with van der Waals surface area (Å²) in [5.74, 6) is 6.70. The first-order valence-electron chi connectivity index (χ1n) is 7.61. The molecule has 21 heavy (non-hydrogen) atoms. The van der Waals surface area contributed by atoms with E-state index in [1.165, 1.54) is 11.1 Å². The van der Waals surface area contributed by atoms with Crippen LogP contribution in [0.1, 0.15) is 36.7 Å². The average Bonchev–Trinajstić information content (AvgIpc) is 2.92. The van der Waals surface area contributed by atoms with Gasteiger partial charge in [-0.3, -0.25) is 16.0 Å². The number of hydrazine groups is 1. The van der Waals surface area contributed by atoms with Gasteiger partial charge in [0.1, 0.15) is 12.2 Å². The molecule has 5 nitrogen and oxygen atoms in total. The molecule has 1 aromatic heterocycles. The summed E-state index contributed by atoms with van der Waals surface area (Å²) in [5, 5.41) is 4.26. The van der Waals surface area contributed by atoms with Gasteiger partial charge in [0, 0.05) is 19.0 Å². The highest BCUT2D eigenvalue weighted by Gasteiger charge is 2.12. The third-order valence-corrected chi connectivity index (χ3v) is 3.70. The van der Waals surface area contributed by atoms with Crippen LogP contribution in [-0.4, -0.2) is 20.8 Å². The van der Waals surface area contributed by atoms with E-state index in [-0.39, 0.29) is 6.04 Å². The number of benzene rings is 1. The van der Waals surface area contributed by atoms with Crippen molar-refractivity contribution in [2.24, 2.45) is 5.84 Å². The highest BCUT2D eigenvalue weighted by molar-refractivity contribution is 5.21.